The lowest BCUT2D eigenvalue weighted by atomic mass is 9.79. The summed E-state index contributed by atoms with van der Waals surface area (Å²) < 4.78 is 13.6. The summed E-state index contributed by atoms with van der Waals surface area (Å²) in [5, 5.41) is 7.74. The van der Waals surface area contributed by atoms with Crippen LogP contribution in [0.2, 0.25) is 0 Å². The van der Waals surface area contributed by atoms with Gasteiger partial charge in [0.1, 0.15) is 12.4 Å². The van der Waals surface area contributed by atoms with Crippen molar-refractivity contribution in [3.8, 4) is 11.5 Å². The number of hydrogen-bond donors (Lipinski definition) is 1. The summed E-state index contributed by atoms with van der Waals surface area (Å²) >= 11 is 5.14. The highest BCUT2D eigenvalue weighted by molar-refractivity contribution is 9.11. The minimum Gasteiger partial charge on any atom is -0.493 e. The fraction of sp³-hybridized carbons (Fsp3) is 0.286. The predicted molar refractivity (Wildman–Crippen MR) is 117 cm³/mol. The summed E-state index contributed by atoms with van der Waals surface area (Å²) in [6.45, 7) is 0. The Hall–Kier alpha value is -2.65. The Bertz CT molecular complexity index is 1170. The van der Waals surface area contributed by atoms with Crippen LogP contribution in [0, 0.1) is 0 Å². The lowest BCUT2D eigenvalue weighted by Gasteiger charge is -2.34. The van der Waals surface area contributed by atoms with E-state index in [1.54, 1.807) is 30.2 Å². The van der Waals surface area contributed by atoms with Crippen LogP contribution in [-0.2, 0) is 4.79 Å². The molecule has 0 amide bonds. The van der Waals surface area contributed by atoms with Crippen molar-refractivity contribution >= 4 is 39.0 Å². The highest BCUT2D eigenvalue weighted by Gasteiger charge is 2.39. The molecule has 3 heterocycles. The standard InChI is InChI=1S/C21H19BrN4O3S/c1-28-15-4-3-11(9-16(15)29-2)12-7-13-19(14(27)8-12)20(17-5-6-18(22)30-17)26-21(25-13)23-10-24-26/h3-6,9-10,12,20H,7-8H2,1-2H3,(H,23,24,25)/t12-,20+/m1/s1. The highest BCUT2D eigenvalue weighted by Crippen LogP contribution is 2.46. The Kier molecular flexibility index (Phi) is 4.86. The zero-order valence-electron chi connectivity index (χ0n) is 16.4. The van der Waals surface area contributed by atoms with Gasteiger partial charge < -0.3 is 14.8 Å². The summed E-state index contributed by atoms with van der Waals surface area (Å²) in [7, 11) is 3.23. The van der Waals surface area contributed by atoms with E-state index in [1.807, 2.05) is 30.3 Å². The Balaban J connectivity index is 1.55. The summed E-state index contributed by atoms with van der Waals surface area (Å²) in [6, 6.07) is 9.63. The van der Waals surface area contributed by atoms with Gasteiger partial charge in [-0.25, -0.2) is 4.68 Å². The normalized spacial score (nSPS) is 20.4. The first-order valence-electron chi connectivity index (χ1n) is 9.49. The molecule has 1 N–H and O–H groups in total. The number of nitrogens with one attached hydrogen (secondary N) is 1. The number of fused-ring (bicyclic) bond motifs is 1. The lowest BCUT2D eigenvalue weighted by Crippen LogP contribution is -2.33. The Morgan fingerprint density at radius 3 is 2.73 bits per heavy atom. The van der Waals surface area contributed by atoms with Gasteiger partial charge in [0, 0.05) is 22.6 Å². The number of aromatic nitrogens is 3. The maximum absolute atomic E-state index is 13.4. The van der Waals surface area contributed by atoms with Crippen LogP contribution in [0.4, 0.5) is 5.95 Å². The smallest absolute Gasteiger partial charge is 0.226 e. The van der Waals surface area contributed by atoms with Crippen LogP contribution in [-0.4, -0.2) is 34.8 Å². The van der Waals surface area contributed by atoms with E-state index in [9.17, 15) is 4.79 Å². The van der Waals surface area contributed by atoms with Crippen molar-refractivity contribution < 1.29 is 14.3 Å². The number of allylic oxidation sites excluding steroid dienone is 2. The second-order valence-corrected chi connectivity index (χ2v) is 9.73. The SMILES string of the molecule is COc1ccc([C@H]2CC(=O)C3=C(C2)Nc2ncnn2[C@H]3c2ccc(Br)s2)cc1OC. The van der Waals surface area contributed by atoms with Gasteiger partial charge in [0.15, 0.2) is 17.3 Å². The van der Waals surface area contributed by atoms with Crippen molar-refractivity contribution in [1.29, 1.82) is 0 Å². The number of benzene rings is 1. The summed E-state index contributed by atoms with van der Waals surface area (Å²) in [4.78, 5) is 18.8. The van der Waals surface area contributed by atoms with Gasteiger partial charge in [-0.05, 0) is 58.1 Å². The molecule has 1 aliphatic carbocycles. The van der Waals surface area contributed by atoms with Crippen LogP contribution in [0.1, 0.15) is 35.2 Å². The monoisotopic (exact) mass is 486 g/mol. The first kappa shape index (κ1) is 19.3. The molecular formula is C21H19BrN4O3S. The van der Waals surface area contributed by atoms with Crippen molar-refractivity contribution in [2.75, 3.05) is 19.5 Å². The third-order valence-electron chi connectivity index (χ3n) is 5.60. The second kappa shape index (κ2) is 7.55. The molecule has 0 saturated carbocycles. The maximum Gasteiger partial charge on any atom is 0.226 e. The van der Waals surface area contributed by atoms with Gasteiger partial charge in [0.25, 0.3) is 0 Å². The van der Waals surface area contributed by atoms with Crippen LogP contribution in [0.3, 0.4) is 0 Å². The first-order valence-corrected chi connectivity index (χ1v) is 11.1. The molecule has 154 valence electrons. The van der Waals surface area contributed by atoms with Crippen molar-refractivity contribution in [2.45, 2.75) is 24.8 Å². The van der Waals surface area contributed by atoms with Crippen LogP contribution >= 0.6 is 27.3 Å². The van der Waals surface area contributed by atoms with Gasteiger partial charge in [-0.3, -0.25) is 4.79 Å². The molecule has 2 aliphatic rings. The van der Waals surface area contributed by atoms with E-state index >= 15 is 0 Å². The average molecular weight is 487 g/mol. The third kappa shape index (κ3) is 3.13. The summed E-state index contributed by atoms with van der Waals surface area (Å²) in [5.41, 5.74) is 2.75. The molecule has 1 aromatic carbocycles. The fourth-order valence-electron chi connectivity index (χ4n) is 4.23. The summed E-state index contributed by atoms with van der Waals surface area (Å²) in [6.07, 6.45) is 2.67. The van der Waals surface area contributed by atoms with Crippen molar-refractivity contribution in [3.63, 3.8) is 0 Å². The van der Waals surface area contributed by atoms with Crippen molar-refractivity contribution in [1.82, 2.24) is 14.8 Å². The summed E-state index contributed by atoms with van der Waals surface area (Å²) in [5.74, 6) is 2.17. The Morgan fingerprint density at radius 2 is 2.00 bits per heavy atom. The Morgan fingerprint density at radius 1 is 1.17 bits per heavy atom. The molecule has 7 nitrogen and oxygen atoms in total. The lowest BCUT2D eigenvalue weighted by molar-refractivity contribution is -0.116. The van der Waals surface area contributed by atoms with Gasteiger partial charge in [-0.2, -0.15) is 10.1 Å². The topological polar surface area (TPSA) is 78.3 Å². The number of Topliss-reactive ketones (excluding diaryl/α,β-unsaturated/α-hetero) is 1. The van der Waals surface area contributed by atoms with Crippen LogP contribution in [0.15, 0.2) is 51.7 Å². The largest absolute Gasteiger partial charge is 0.493 e. The van der Waals surface area contributed by atoms with Gasteiger partial charge in [0.2, 0.25) is 5.95 Å². The van der Waals surface area contributed by atoms with E-state index in [1.165, 1.54) is 6.33 Å². The molecule has 30 heavy (non-hydrogen) atoms. The number of ketones is 1. The number of hydrogen-bond acceptors (Lipinski definition) is 7. The zero-order valence-corrected chi connectivity index (χ0v) is 18.8. The van der Waals surface area contributed by atoms with Gasteiger partial charge >= 0.3 is 0 Å². The molecule has 3 aromatic rings. The Labute approximate surface area is 185 Å². The van der Waals surface area contributed by atoms with E-state index in [2.05, 4.69) is 31.3 Å². The molecule has 0 bridgehead atoms. The number of thiophene rings is 1. The van der Waals surface area contributed by atoms with E-state index in [0.717, 1.165) is 25.5 Å². The molecule has 0 fully saturated rings. The highest BCUT2D eigenvalue weighted by atomic mass is 79.9. The second-order valence-electron chi connectivity index (χ2n) is 7.23. The third-order valence-corrected chi connectivity index (χ3v) is 7.28. The molecule has 0 saturated heterocycles. The van der Waals surface area contributed by atoms with Crippen LogP contribution < -0.4 is 14.8 Å². The minimum absolute atomic E-state index is 0.0498. The van der Waals surface area contributed by atoms with Crippen molar-refractivity contribution in [2.24, 2.45) is 0 Å². The van der Waals surface area contributed by atoms with Crippen molar-refractivity contribution in [3.05, 3.63) is 62.2 Å². The first-order chi connectivity index (χ1) is 14.6. The van der Waals surface area contributed by atoms with E-state index < -0.39 is 0 Å². The number of carbonyl (C=O) groups excluding carboxylic acids is 1. The van der Waals surface area contributed by atoms with Crippen LogP contribution in [0.25, 0.3) is 0 Å². The number of rotatable bonds is 4. The zero-order chi connectivity index (χ0) is 20.8. The van der Waals surface area contributed by atoms with E-state index in [-0.39, 0.29) is 17.7 Å². The molecule has 2 atom stereocenters. The molecule has 1 aliphatic heterocycles. The number of halogens is 1. The van der Waals surface area contributed by atoms with Gasteiger partial charge in [0.05, 0.1) is 18.0 Å². The molecule has 0 unspecified atom stereocenters. The molecule has 0 radical (unpaired) electrons. The van der Waals surface area contributed by atoms with Gasteiger partial charge in [-0.15, -0.1) is 11.3 Å². The number of ether oxygens (including phenoxy) is 2. The number of anilines is 1. The predicted octanol–water partition coefficient (Wildman–Crippen LogP) is 4.54. The molecule has 2 aromatic heterocycles. The molecular weight excluding hydrogens is 468 g/mol. The van der Waals surface area contributed by atoms with E-state index in [0.29, 0.717) is 30.3 Å². The van der Waals surface area contributed by atoms with Gasteiger partial charge in [-0.1, -0.05) is 6.07 Å². The average Bonchev–Trinajstić information content (AvgIpc) is 3.40. The van der Waals surface area contributed by atoms with E-state index in [4.69, 9.17) is 9.47 Å². The fourth-order valence-corrected chi connectivity index (χ4v) is 5.75. The number of carbonyl (C=O) groups is 1. The molecule has 9 heteroatoms. The molecule has 5 rings (SSSR count). The number of nitrogens with zero attached hydrogens (tertiary/aromatic N) is 3. The number of methoxy groups -OCH3 is 2. The maximum atomic E-state index is 13.4. The van der Waals surface area contributed by atoms with Crippen LogP contribution in [0.5, 0.6) is 11.5 Å². The quantitative estimate of drug-likeness (QED) is 0.583. The minimum atomic E-state index is -0.256. The molecule has 0 spiro atoms.